The summed E-state index contributed by atoms with van der Waals surface area (Å²) < 4.78 is 5.41. The highest BCUT2D eigenvalue weighted by atomic mass is 16.3. The summed E-state index contributed by atoms with van der Waals surface area (Å²) in [7, 11) is 0. The van der Waals surface area contributed by atoms with Gasteiger partial charge in [-0.3, -0.25) is 14.4 Å². The molecular formula is C20H20N4O4. The van der Waals surface area contributed by atoms with Gasteiger partial charge in [0, 0.05) is 25.2 Å². The van der Waals surface area contributed by atoms with E-state index in [4.69, 9.17) is 4.42 Å². The second-order valence-corrected chi connectivity index (χ2v) is 6.82. The lowest BCUT2D eigenvalue weighted by Gasteiger charge is -2.15. The first-order valence-electron chi connectivity index (χ1n) is 9.18. The number of carbonyl (C=O) groups excluding carboxylic acids is 2. The van der Waals surface area contributed by atoms with Crippen molar-refractivity contribution >= 4 is 22.9 Å². The SMILES string of the molecule is Cc1oc2nc[nH]c(=O)c2c1C(=O)NCc1ccc(C(=O)N2CCCC2)cc1. The first kappa shape index (κ1) is 18.0. The molecule has 0 spiro atoms. The number of H-pyrrole nitrogens is 1. The van der Waals surface area contributed by atoms with Crippen molar-refractivity contribution < 1.29 is 14.0 Å². The van der Waals surface area contributed by atoms with Gasteiger partial charge in [0.05, 0.1) is 11.9 Å². The number of furan rings is 1. The lowest BCUT2D eigenvalue weighted by atomic mass is 10.1. The van der Waals surface area contributed by atoms with Gasteiger partial charge in [0.15, 0.2) is 0 Å². The second kappa shape index (κ2) is 7.30. The molecule has 2 aromatic heterocycles. The number of hydrogen-bond acceptors (Lipinski definition) is 5. The fourth-order valence-electron chi connectivity index (χ4n) is 3.47. The van der Waals surface area contributed by atoms with Crippen LogP contribution in [0, 0.1) is 6.92 Å². The van der Waals surface area contributed by atoms with Crippen molar-refractivity contribution in [2.75, 3.05) is 13.1 Å². The summed E-state index contributed by atoms with van der Waals surface area (Å²) in [6.45, 7) is 3.50. The molecule has 0 bridgehead atoms. The summed E-state index contributed by atoms with van der Waals surface area (Å²) in [5.41, 5.74) is 1.40. The molecule has 3 aromatic rings. The van der Waals surface area contributed by atoms with Crippen LogP contribution in [0.2, 0.25) is 0 Å². The number of nitrogens with one attached hydrogen (secondary N) is 2. The van der Waals surface area contributed by atoms with Crippen LogP contribution in [0.15, 0.2) is 39.8 Å². The van der Waals surface area contributed by atoms with E-state index in [1.165, 1.54) is 6.33 Å². The van der Waals surface area contributed by atoms with E-state index in [2.05, 4.69) is 15.3 Å². The van der Waals surface area contributed by atoms with Crippen LogP contribution in [0.3, 0.4) is 0 Å². The Hall–Kier alpha value is -3.42. The van der Waals surface area contributed by atoms with E-state index < -0.39 is 11.5 Å². The average molecular weight is 380 g/mol. The molecule has 8 nitrogen and oxygen atoms in total. The minimum atomic E-state index is -0.420. The van der Waals surface area contributed by atoms with Gasteiger partial charge in [-0.15, -0.1) is 0 Å². The number of benzene rings is 1. The molecule has 0 aliphatic carbocycles. The molecule has 2 amide bonds. The summed E-state index contributed by atoms with van der Waals surface area (Å²) in [5, 5.41) is 2.93. The quantitative estimate of drug-likeness (QED) is 0.720. The van der Waals surface area contributed by atoms with Gasteiger partial charge in [0.1, 0.15) is 11.1 Å². The minimum absolute atomic E-state index is 0.0419. The van der Waals surface area contributed by atoms with Gasteiger partial charge in [-0.25, -0.2) is 4.98 Å². The number of nitrogens with zero attached hydrogens (tertiary/aromatic N) is 2. The molecule has 1 fully saturated rings. The molecule has 0 atom stereocenters. The second-order valence-electron chi connectivity index (χ2n) is 6.82. The maximum absolute atomic E-state index is 12.6. The summed E-state index contributed by atoms with van der Waals surface area (Å²) in [4.78, 5) is 45.3. The fourth-order valence-corrected chi connectivity index (χ4v) is 3.47. The maximum atomic E-state index is 12.6. The molecule has 28 heavy (non-hydrogen) atoms. The largest absolute Gasteiger partial charge is 0.442 e. The molecule has 8 heteroatoms. The van der Waals surface area contributed by atoms with Crippen molar-refractivity contribution in [2.24, 2.45) is 0 Å². The van der Waals surface area contributed by atoms with Crippen LogP contribution in [0.5, 0.6) is 0 Å². The zero-order valence-corrected chi connectivity index (χ0v) is 15.4. The predicted molar refractivity (Wildman–Crippen MR) is 102 cm³/mol. The number of aromatic amines is 1. The Bertz CT molecular complexity index is 1090. The van der Waals surface area contributed by atoms with Crippen LogP contribution < -0.4 is 10.9 Å². The number of amides is 2. The average Bonchev–Trinajstić information content (AvgIpc) is 3.34. The van der Waals surface area contributed by atoms with Crippen molar-refractivity contribution in [3.63, 3.8) is 0 Å². The molecule has 3 heterocycles. The standard InChI is InChI=1S/C20H20N4O4/c1-12-15(16-18(26)22-11-23-19(16)28-12)17(25)21-10-13-4-6-14(7-5-13)20(27)24-8-2-3-9-24/h4-7,11H,2-3,8-10H2,1H3,(H,21,25)(H,22,23,26). The van der Waals surface area contributed by atoms with Crippen molar-refractivity contribution in [1.29, 1.82) is 0 Å². The van der Waals surface area contributed by atoms with E-state index in [0.29, 0.717) is 11.3 Å². The lowest BCUT2D eigenvalue weighted by Crippen LogP contribution is -2.27. The number of likely N-dealkylation sites (tertiary alicyclic amines) is 1. The summed E-state index contributed by atoms with van der Waals surface area (Å²) in [5.74, 6) is -0.0319. The molecule has 2 N–H and O–H groups in total. The van der Waals surface area contributed by atoms with Gasteiger partial charge >= 0.3 is 0 Å². The van der Waals surface area contributed by atoms with E-state index in [9.17, 15) is 14.4 Å². The van der Waals surface area contributed by atoms with E-state index in [0.717, 1.165) is 31.5 Å². The Labute approximate surface area is 160 Å². The molecule has 0 unspecified atom stereocenters. The highest BCUT2D eigenvalue weighted by Gasteiger charge is 2.22. The number of carbonyl (C=O) groups is 2. The topological polar surface area (TPSA) is 108 Å². The van der Waals surface area contributed by atoms with Crippen molar-refractivity contribution in [3.8, 4) is 0 Å². The van der Waals surface area contributed by atoms with Crippen LogP contribution in [0.25, 0.3) is 11.1 Å². The zero-order valence-electron chi connectivity index (χ0n) is 15.4. The Kier molecular flexibility index (Phi) is 4.68. The third-order valence-electron chi connectivity index (χ3n) is 4.94. The van der Waals surface area contributed by atoms with Crippen LogP contribution in [-0.4, -0.2) is 39.8 Å². The minimum Gasteiger partial charge on any atom is -0.442 e. The Morgan fingerprint density at radius 3 is 2.64 bits per heavy atom. The van der Waals surface area contributed by atoms with Gasteiger partial charge in [-0.2, -0.15) is 0 Å². The molecule has 1 aliphatic rings. The summed E-state index contributed by atoms with van der Waals surface area (Å²) in [6.07, 6.45) is 3.34. The van der Waals surface area contributed by atoms with Gasteiger partial charge in [0.25, 0.3) is 17.4 Å². The van der Waals surface area contributed by atoms with Crippen LogP contribution >= 0.6 is 0 Å². The van der Waals surface area contributed by atoms with E-state index in [-0.39, 0.29) is 29.1 Å². The zero-order chi connectivity index (χ0) is 19.7. The van der Waals surface area contributed by atoms with E-state index in [1.54, 1.807) is 19.1 Å². The molecule has 144 valence electrons. The Balaban J connectivity index is 1.46. The van der Waals surface area contributed by atoms with Crippen LogP contribution in [-0.2, 0) is 6.54 Å². The molecule has 1 aromatic carbocycles. The van der Waals surface area contributed by atoms with Crippen molar-refractivity contribution in [2.45, 2.75) is 26.3 Å². The van der Waals surface area contributed by atoms with E-state index in [1.807, 2.05) is 17.0 Å². The number of aryl methyl sites for hydroxylation is 1. The first-order valence-corrected chi connectivity index (χ1v) is 9.18. The Morgan fingerprint density at radius 1 is 1.21 bits per heavy atom. The molecule has 0 saturated carbocycles. The number of rotatable bonds is 4. The van der Waals surface area contributed by atoms with Gasteiger partial charge < -0.3 is 19.6 Å². The number of aromatic nitrogens is 2. The lowest BCUT2D eigenvalue weighted by molar-refractivity contribution is 0.0792. The number of fused-ring (bicyclic) bond motifs is 1. The Morgan fingerprint density at radius 2 is 1.93 bits per heavy atom. The van der Waals surface area contributed by atoms with Crippen molar-refractivity contribution in [3.05, 3.63) is 63.4 Å². The highest BCUT2D eigenvalue weighted by Crippen LogP contribution is 2.20. The first-order chi connectivity index (χ1) is 13.5. The molecule has 1 saturated heterocycles. The van der Waals surface area contributed by atoms with Crippen LogP contribution in [0.4, 0.5) is 0 Å². The number of hydrogen-bond donors (Lipinski definition) is 2. The third kappa shape index (κ3) is 3.28. The molecule has 1 aliphatic heterocycles. The fraction of sp³-hybridized carbons (Fsp3) is 0.300. The smallest absolute Gasteiger partial charge is 0.262 e. The summed E-state index contributed by atoms with van der Waals surface area (Å²) >= 11 is 0. The predicted octanol–water partition coefficient (Wildman–Crippen LogP) is 1.99. The summed E-state index contributed by atoms with van der Waals surface area (Å²) in [6, 6.07) is 7.18. The normalized spacial score (nSPS) is 13.8. The van der Waals surface area contributed by atoms with Gasteiger partial charge in [0.2, 0.25) is 5.71 Å². The van der Waals surface area contributed by atoms with Gasteiger partial charge in [-0.05, 0) is 37.5 Å². The molecule has 0 radical (unpaired) electrons. The monoisotopic (exact) mass is 380 g/mol. The van der Waals surface area contributed by atoms with Gasteiger partial charge in [-0.1, -0.05) is 12.1 Å². The maximum Gasteiger partial charge on any atom is 0.262 e. The van der Waals surface area contributed by atoms with Crippen molar-refractivity contribution in [1.82, 2.24) is 20.2 Å². The molecular weight excluding hydrogens is 360 g/mol. The molecule has 4 rings (SSSR count). The van der Waals surface area contributed by atoms with E-state index >= 15 is 0 Å². The third-order valence-corrected chi connectivity index (χ3v) is 4.94. The van der Waals surface area contributed by atoms with Crippen LogP contribution in [0.1, 0.15) is 44.9 Å². The highest BCUT2D eigenvalue weighted by molar-refractivity contribution is 6.06.